The van der Waals surface area contributed by atoms with Crippen LogP contribution in [0.2, 0.25) is 0 Å². The molecule has 1 N–H and O–H groups in total. The molecule has 0 aliphatic rings. The third-order valence-corrected chi connectivity index (χ3v) is 5.66. The Morgan fingerprint density at radius 1 is 1.04 bits per heavy atom. The molecule has 0 aliphatic heterocycles. The highest BCUT2D eigenvalue weighted by molar-refractivity contribution is 7.92. The van der Waals surface area contributed by atoms with Crippen LogP contribution in [0.4, 0.5) is 5.69 Å². The molecule has 1 atom stereocenters. The minimum absolute atomic E-state index is 0.00466. The van der Waals surface area contributed by atoms with Crippen molar-refractivity contribution in [2.24, 2.45) is 11.8 Å². The lowest BCUT2D eigenvalue weighted by atomic mass is 9.93. The summed E-state index contributed by atoms with van der Waals surface area (Å²) in [5.74, 6) is 0.255. The average molecular weight is 369 g/mol. The van der Waals surface area contributed by atoms with Crippen molar-refractivity contribution < 1.29 is 13.2 Å². The summed E-state index contributed by atoms with van der Waals surface area (Å²) >= 11 is 0. The molecule has 5 nitrogen and oxygen atoms in total. The zero-order valence-electron chi connectivity index (χ0n) is 16.6. The van der Waals surface area contributed by atoms with Gasteiger partial charge >= 0.3 is 0 Å². The van der Waals surface area contributed by atoms with Gasteiger partial charge in [0.2, 0.25) is 15.9 Å². The quantitative estimate of drug-likeness (QED) is 0.803. The lowest BCUT2D eigenvalue weighted by molar-refractivity contribution is -0.123. The van der Waals surface area contributed by atoms with E-state index in [9.17, 15) is 13.2 Å². The number of hydrogen-bond acceptors (Lipinski definition) is 3. The van der Waals surface area contributed by atoms with Gasteiger partial charge < -0.3 is 5.32 Å². The first-order valence-corrected chi connectivity index (χ1v) is 10.6. The highest BCUT2D eigenvalue weighted by Crippen LogP contribution is 2.26. The Kier molecular flexibility index (Phi) is 7.06. The summed E-state index contributed by atoms with van der Waals surface area (Å²) in [6.07, 6.45) is 1.14. The molecule has 1 aromatic rings. The maximum atomic E-state index is 12.8. The van der Waals surface area contributed by atoms with E-state index in [1.165, 1.54) is 4.31 Å². The Hall–Kier alpha value is -1.56. The monoisotopic (exact) mass is 368 g/mol. The number of rotatable bonds is 7. The second-order valence-corrected chi connectivity index (χ2v) is 9.41. The maximum absolute atomic E-state index is 12.8. The predicted octanol–water partition coefficient (Wildman–Crippen LogP) is 3.25. The number of amides is 1. The van der Waals surface area contributed by atoms with E-state index in [1.807, 2.05) is 32.0 Å². The van der Waals surface area contributed by atoms with Gasteiger partial charge in [0, 0.05) is 6.04 Å². The Morgan fingerprint density at radius 3 is 2.00 bits per heavy atom. The van der Waals surface area contributed by atoms with Gasteiger partial charge in [-0.2, -0.15) is 0 Å². The van der Waals surface area contributed by atoms with Crippen LogP contribution in [0.15, 0.2) is 18.2 Å². The van der Waals surface area contributed by atoms with Crippen LogP contribution in [0.1, 0.15) is 45.7 Å². The normalized spacial score (nSPS) is 13.4. The van der Waals surface area contributed by atoms with Gasteiger partial charge in [-0.1, -0.05) is 39.8 Å². The molecule has 0 aliphatic carbocycles. The van der Waals surface area contributed by atoms with Crippen LogP contribution in [-0.2, 0) is 14.8 Å². The number of sulfonamides is 1. The van der Waals surface area contributed by atoms with Gasteiger partial charge in [-0.05, 0) is 49.8 Å². The van der Waals surface area contributed by atoms with Crippen molar-refractivity contribution in [2.45, 2.75) is 60.5 Å². The van der Waals surface area contributed by atoms with E-state index in [0.717, 1.165) is 17.4 Å². The molecule has 0 saturated heterocycles. The number of carbonyl (C=O) groups is 1. The summed E-state index contributed by atoms with van der Waals surface area (Å²) in [4.78, 5) is 12.8. The van der Waals surface area contributed by atoms with Crippen molar-refractivity contribution in [2.75, 3.05) is 10.6 Å². The van der Waals surface area contributed by atoms with Crippen LogP contribution in [0, 0.1) is 25.7 Å². The molecule has 6 heteroatoms. The fourth-order valence-electron chi connectivity index (χ4n) is 3.13. The lowest BCUT2D eigenvalue weighted by Crippen LogP contribution is -2.52. The Balaban J connectivity index is 3.24. The molecule has 0 unspecified atom stereocenters. The topological polar surface area (TPSA) is 66.5 Å². The van der Waals surface area contributed by atoms with Gasteiger partial charge in [0.25, 0.3) is 0 Å². The van der Waals surface area contributed by atoms with Crippen LogP contribution in [-0.4, -0.2) is 32.7 Å². The van der Waals surface area contributed by atoms with Gasteiger partial charge in [0.15, 0.2) is 0 Å². The maximum Gasteiger partial charge on any atom is 0.243 e. The summed E-state index contributed by atoms with van der Waals surface area (Å²) < 4.78 is 26.1. The van der Waals surface area contributed by atoms with E-state index in [0.29, 0.717) is 5.69 Å². The van der Waals surface area contributed by atoms with Crippen molar-refractivity contribution in [3.8, 4) is 0 Å². The molecule has 1 rings (SSSR count). The first-order chi connectivity index (χ1) is 11.4. The zero-order valence-corrected chi connectivity index (χ0v) is 17.4. The molecule has 25 heavy (non-hydrogen) atoms. The average Bonchev–Trinajstić information content (AvgIpc) is 2.46. The summed E-state index contributed by atoms with van der Waals surface area (Å²) in [6, 6.07) is 4.78. The van der Waals surface area contributed by atoms with Crippen LogP contribution < -0.4 is 9.62 Å². The molecule has 0 saturated carbocycles. The number of carbonyl (C=O) groups excluding carboxylic acids is 1. The molecule has 0 aromatic heterocycles. The van der Waals surface area contributed by atoms with Gasteiger partial charge in [-0.3, -0.25) is 9.10 Å². The van der Waals surface area contributed by atoms with Gasteiger partial charge in [-0.15, -0.1) is 0 Å². The van der Waals surface area contributed by atoms with E-state index >= 15 is 0 Å². The van der Waals surface area contributed by atoms with Crippen molar-refractivity contribution in [3.63, 3.8) is 0 Å². The van der Waals surface area contributed by atoms with Gasteiger partial charge in [0.1, 0.15) is 6.04 Å². The van der Waals surface area contributed by atoms with Gasteiger partial charge in [0.05, 0.1) is 11.9 Å². The Bertz CT molecular complexity index is 703. The van der Waals surface area contributed by atoms with Crippen LogP contribution in [0.5, 0.6) is 0 Å². The van der Waals surface area contributed by atoms with Gasteiger partial charge in [-0.25, -0.2) is 8.42 Å². The molecule has 1 amide bonds. The largest absolute Gasteiger partial charge is 0.351 e. The first-order valence-electron chi connectivity index (χ1n) is 8.73. The molecule has 1 aromatic carbocycles. The molecule has 0 bridgehead atoms. The summed E-state index contributed by atoms with van der Waals surface area (Å²) in [6.45, 7) is 13.6. The summed E-state index contributed by atoms with van der Waals surface area (Å²) in [7, 11) is -3.61. The number of nitrogens with one attached hydrogen (secondary N) is 1. The second-order valence-electron chi connectivity index (χ2n) is 7.55. The van der Waals surface area contributed by atoms with E-state index in [2.05, 4.69) is 33.0 Å². The van der Waals surface area contributed by atoms with E-state index in [-0.39, 0.29) is 23.8 Å². The SMILES string of the molecule is Cc1ccc(C)c(N([C@H](C)C(=O)NC(C(C)C)C(C)C)S(C)(=O)=O)c1. The zero-order chi connectivity index (χ0) is 19.5. The fourth-order valence-corrected chi connectivity index (χ4v) is 4.35. The lowest BCUT2D eigenvalue weighted by Gasteiger charge is -2.33. The minimum atomic E-state index is -3.61. The van der Waals surface area contributed by atoms with Crippen molar-refractivity contribution in [3.05, 3.63) is 29.3 Å². The molecule has 0 radical (unpaired) electrons. The molecular formula is C19H32N2O3S. The first kappa shape index (κ1) is 21.5. The van der Waals surface area contributed by atoms with E-state index < -0.39 is 16.1 Å². The highest BCUT2D eigenvalue weighted by Gasteiger charge is 2.32. The predicted molar refractivity (Wildman–Crippen MR) is 104 cm³/mol. The van der Waals surface area contributed by atoms with Crippen molar-refractivity contribution >= 4 is 21.6 Å². The van der Waals surface area contributed by atoms with Crippen molar-refractivity contribution in [1.29, 1.82) is 0 Å². The van der Waals surface area contributed by atoms with E-state index in [4.69, 9.17) is 0 Å². The third-order valence-electron chi connectivity index (χ3n) is 4.44. The number of aryl methyl sites for hydroxylation is 2. The standard InChI is InChI=1S/C19H32N2O3S/c1-12(2)18(13(3)4)20-19(22)16(7)21(25(8,23)24)17-11-14(5)9-10-15(17)6/h9-13,16,18H,1-8H3,(H,20,22)/t16-/m1/s1. The third kappa shape index (κ3) is 5.46. The smallest absolute Gasteiger partial charge is 0.243 e. The highest BCUT2D eigenvalue weighted by atomic mass is 32.2. The molecular weight excluding hydrogens is 336 g/mol. The van der Waals surface area contributed by atoms with Crippen molar-refractivity contribution in [1.82, 2.24) is 5.32 Å². The van der Waals surface area contributed by atoms with Crippen LogP contribution in [0.25, 0.3) is 0 Å². The number of hydrogen-bond donors (Lipinski definition) is 1. The van der Waals surface area contributed by atoms with Crippen LogP contribution in [0.3, 0.4) is 0 Å². The second kappa shape index (κ2) is 8.21. The number of benzene rings is 1. The molecule has 142 valence electrons. The Morgan fingerprint density at radius 2 is 1.56 bits per heavy atom. The number of anilines is 1. The summed E-state index contributed by atoms with van der Waals surface area (Å²) in [5.41, 5.74) is 2.32. The minimum Gasteiger partial charge on any atom is -0.351 e. The molecule has 0 fully saturated rings. The van der Waals surface area contributed by atoms with Crippen LogP contribution >= 0.6 is 0 Å². The summed E-state index contributed by atoms with van der Waals surface area (Å²) in [5, 5.41) is 3.03. The fraction of sp³-hybridized carbons (Fsp3) is 0.632. The van der Waals surface area contributed by atoms with E-state index in [1.54, 1.807) is 6.92 Å². The Labute approximate surface area is 152 Å². The number of nitrogens with zero attached hydrogens (tertiary/aromatic N) is 1. The molecule has 0 spiro atoms. The molecule has 0 heterocycles.